The molecular formula is C27H35N7O2S2. The van der Waals surface area contributed by atoms with Gasteiger partial charge < -0.3 is 20.3 Å². The van der Waals surface area contributed by atoms with Crippen LogP contribution in [0.15, 0.2) is 28.5 Å². The fourth-order valence-electron chi connectivity index (χ4n) is 5.06. The fourth-order valence-corrected chi connectivity index (χ4v) is 7.00. The Balaban J connectivity index is 1.22. The molecule has 0 radical (unpaired) electrons. The smallest absolute Gasteiger partial charge is 0.359 e. The summed E-state index contributed by atoms with van der Waals surface area (Å²) >= 11 is 3.17. The largest absolute Gasteiger partial charge is 0.461 e. The molecule has 3 heterocycles. The van der Waals surface area contributed by atoms with Crippen LogP contribution in [0.5, 0.6) is 0 Å². The molecule has 1 aliphatic carbocycles. The van der Waals surface area contributed by atoms with Crippen molar-refractivity contribution in [2.75, 3.05) is 37.2 Å². The SMILES string of the molecule is CCOC(=O)c1c(SC)sc2c(CNC3CCC(Nc4nc(N(C)C)c5ccccc5n4)CC3)c(C)nn12. The number of benzene rings is 1. The van der Waals surface area contributed by atoms with Crippen LogP contribution >= 0.6 is 23.1 Å². The number of thioether (sulfide) groups is 1. The number of para-hydroxylation sites is 1. The van der Waals surface area contributed by atoms with Gasteiger partial charge in [0.25, 0.3) is 0 Å². The number of thiazole rings is 1. The Labute approximate surface area is 231 Å². The molecular weight excluding hydrogens is 518 g/mol. The minimum atomic E-state index is -0.316. The molecule has 0 unspecified atom stereocenters. The van der Waals surface area contributed by atoms with Crippen LogP contribution in [0.3, 0.4) is 0 Å². The van der Waals surface area contributed by atoms with E-state index >= 15 is 0 Å². The third-order valence-electron chi connectivity index (χ3n) is 7.02. The summed E-state index contributed by atoms with van der Waals surface area (Å²) in [7, 11) is 4.03. The number of fused-ring (bicyclic) bond motifs is 2. The van der Waals surface area contributed by atoms with Gasteiger partial charge in [0.15, 0.2) is 5.69 Å². The van der Waals surface area contributed by atoms with Crippen molar-refractivity contribution in [3.63, 3.8) is 0 Å². The summed E-state index contributed by atoms with van der Waals surface area (Å²) in [5.41, 5.74) is 3.59. The van der Waals surface area contributed by atoms with Gasteiger partial charge in [0, 0.05) is 43.7 Å². The summed E-state index contributed by atoms with van der Waals surface area (Å²) in [5, 5.41) is 13.1. The molecule has 11 heteroatoms. The van der Waals surface area contributed by atoms with E-state index in [-0.39, 0.29) is 5.97 Å². The van der Waals surface area contributed by atoms with E-state index in [1.807, 2.05) is 57.3 Å². The molecule has 5 rings (SSSR count). The zero-order chi connectivity index (χ0) is 26.8. The monoisotopic (exact) mass is 553 g/mol. The summed E-state index contributed by atoms with van der Waals surface area (Å²) < 4.78 is 8.00. The first-order chi connectivity index (χ1) is 18.4. The lowest BCUT2D eigenvalue weighted by molar-refractivity contribution is 0.0513. The van der Waals surface area contributed by atoms with E-state index in [0.717, 1.165) is 69.2 Å². The number of aryl methyl sites for hydroxylation is 1. The van der Waals surface area contributed by atoms with E-state index in [1.54, 1.807) is 27.6 Å². The maximum Gasteiger partial charge on any atom is 0.359 e. The molecule has 0 aliphatic heterocycles. The van der Waals surface area contributed by atoms with Crippen LogP contribution in [-0.2, 0) is 11.3 Å². The van der Waals surface area contributed by atoms with Gasteiger partial charge in [-0.25, -0.2) is 14.3 Å². The lowest BCUT2D eigenvalue weighted by atomic mass is 9.91. The average Bonchev–Trinajstić information content (AvgIpc) is 3.41. The molecule has 0 saturated heterocycles. The summed E-state index contributed by atoms with van der Waals surface area (Å²) in [6.45, 7) is 4.91. The highest BCUT2D eigenvalue weighted by Crippen LogP contribution is 2.35. The van der Waals surface area contributed by atoms with Gasteiger partial charge in [0.2, 0.25) is 5.95 Å². The molecule has 1 saturated carbocycles. The van der Waals surface area contributed by atoms with Crippen molar-refractivity contribution in [1.82, 2.24) is 24.9 Å². The zero-order valence-electron chi connectivity index (χ0n) is 22.6. The van der Waals surface area contributed by atoms with E-state index in [1.165, 1.54) is 0 Å². The van der Waals surface area contributed by atoms with Crippen LogP contribution in [0.25, 0.3) is 15.7 Å². The van der Waals surface area contributed by atoms with Crippen molar-refractivity contribution in [3.05, 3.63) is 41.2 Å². The van der Waals surface area contributed by atoms with Crippen molar-refractivity contribution >= 4 is 56.6 Å². The van der Waals surface area contributed by atoms with Crippen LogP contribution < -0.4 is 15.5 Å². The molecule has 202 valence electrons. The molecule has 1 aromatic carbocycles. The minimum Gasteiger partial charge on any atom is -0.461 e. The van der Waals surface area contributed by atoms with Crippen molar-refractivity contribution in [2.24, 2.45) is 0 Å². The first-order valence-corrected chi connectivity index (χ1v) is 15.1. The molecule has 4 aromatic rings. The first-order valence-electron chi connectivity index (χ1n) is 13.1. The Morgan fingerprint density at radius 2 is 1.92 bits per heavy atom. The second-order valence-corrected chi connectivity index (χ2v) is 11.9. The van der Waals surface area contributed by atoms with E-state index in [9.17, 15) is 4.79 Å². The highest BCUT2D eigenvalue weighted by atomic mass is 32.2. The molecule has 9 nitrogen and oxygen atoms in total. The van der Waals surface area contributed by atoms with E-state index < -0.39 is 0 Å². The predicted molar refractivity (Wildman–Crippen MR) is 156 cm³/mol. The summed E-state index contributed by atoms with van der Waals surface area (Å²) in [5.74, 6) is 1.31. The third-order valence-corrected chi connectivity index (χ3v) is 9.33. The van der Waals surface area contributed by atoms with Gasteiger partial charge in [-0.1, -0.05) is 12.1 Å². The highest BCUT2D eigenvalue weighted by molar-refractivity contribution is 8.00. The molecule has 3 aromatic heterocycles. The molecule has 1 fully saturated rings. The van der Waals surface area contributed by atoms with Crippen molar-refractivity contribution in [1.29, 1.82) is 0 Å². The number of carbonyl (C=O) groups is 1. The Bertz CT molecular complexity index is 1440. The number of hydrogen-bond donors (Lipinski definition) is 2. The number of nitrogens with zero attached hydrogens (tertiary/aromatic N) is 5. The Morgan fingerprint density at radius 1 is 1.18 bits per heavy atom. The van der Waals surface area contributed by atoms with Crippen LogP contribution in [-0.4, -0.2) is 64.6 Å². The lowest BCUT2D eigenvalue weighted by Crippen LogP contribution is -2.37. The second-order valence-electron chi connectivity index (χ2n) is 9.80. The minimum absolute atomic E-state index is 0.316. The zero-order valence-corrected chi connectivity index (χ0v) is 24.2. The van der Waals surface area contributed by atoms with Gasteiger partial charge in [-0.2, -0.15) is 10.1 Å². The molecule has 1 aliphatic rings. The molecule has 38 heavy (non-hydrogen) atoms. The van der Waals surface area contributed by atoms with Crippen LogP contribution in [0, 0.1) is 6.92 Å². The Morgan fingerprint density at radius 3 is 2.63 bits per heavy atom. The number of anilines is 2. The third kappa shape index (κ3) is 5.32. The molecule has 0 spiro atoms. The van der Waals surface area contributed by atoms with Crippen molar-refractivity contribution in [2.45, 2.75) is 62.4 Å². The van der Waals surface area contributed by atoms with Gasteiger partial charge in [-0.05, 0) is 57.9 Å². The van der Waals surface area contributed by atoms with Gasteiger partial charge >= 0.3 is 5.97 Å². The number of carbonyl (C=O) groups excluding carboxylic acids is 1. The molecule has 0 bridgehead atoms. The molecule has 2 N–H and O–H groups in total. The van der Waals surface area contributed by atoms with E-state index in [4.69, 9.17) is 19.8 Å². The van der Waals surface area contributed by atoms with Crippen LogP contribution in [0.1, 0.15) is 54.4 Å². The number of esters is 1. The number of aromatic nitrogens is 4. The maximum absolute atomic E-state index is 12.6. The number of ether oxygens (including phenoxy) is 1. The van der Waals surface area contributed by atoms with Gasteiger partial charge in [0.05, 0.1) is 22.0 Å². The maximum atomic E-state index is 12.6. The van der Waals surface area contributed by atoms with Crippen LogP contribution in [0.4, 0.5) is 11.8 Å². The van der Waals surface area contributed by atoms with Gasteiger partial charge in [-0.3, -0.25) is 0 Å². The fraction of sp³-hybridized carbons (Fsp3) is 0.481. The standard InChI is InChI=1S/C27H35N7O2S2/c1-6-36-25(35)22-26(37-5)38-24-20(16(2)32-34(22)24)15-28-17-11-13-18(14-12-17)29-27-30-21-10-8-7-9-19(21)23(31-27)33(3)4/h7-10,17-18,28H,6,11-15H2,1-5H3,(H,29,30,31). The summed E-state index contributed by atoms with van der Waals surface area (Å²) in [6, 6.07) is 8.93. The van der Waals surface area contributed by atoms with Gasteiger partial charge in [0.1, 0.15) is 10.6 Å². The normalized spacial score (nSPS) is 17.7. The Kier molecular flexibility index (Phi) is 8.06. The average molecular weight is 554 g/mol. The van der Waals surface area contributed by atoms with Crippen molar-refractivity contribution < 1.29 is 9.53 Å². The first kappa shape index (κ1) is 26.7. The van der Waals surface area contributed by atoms with E-state index in [2.05, 4.69) is 16.7 Å². The molecule has 0 amide bonds. The van der Waals surface area contributed by atoms with Crippen LogP contribution in [0.2, 0.25) is 0 Å². The number of nitrogens with one attached hydrogen (secondary N) is 2. The van der Waals surface area contributed by atoms with Gasteiger partial charge in [-0.15, -0.1) is 23.1 Å². The predicted octanol–water partition coefficient (Wildman–Crippen LogP) is 5.12. The van der Waals surface area contributed by atoms with Crippen molar-refractivity contribution in [3.8, 4) is 0 Å². The lowest BCUT2D eigenvalue weighted by Gasteiger charge is -2.30. The summed E-state index contributed by atoms with van der Waals surface area (Å²) in [6.07, 6.45) is 6.23. The quantitative estimate of drug-likeness (QED) is 0.216. The second kappa shape index (κ2) is 11.5. The highest BCUT2D eigenvalue weighted by Gasteiger charge is 2.26. The van der Waals surface area contributed by atoms with E-state index in [0.29, 0.717) is 30.3 Å². The number of hydrogen-bond acceptors (Lipinski definition) is 10. The summed E-state index contributed by atoms with van der Waals surface area (Å²) in [4.78, 5) is 25.2. The number of rotatable bonds is 9. The molecule has 0 atom stereocenters. The Hall–Kier alpha value is -2.89. The topological polar surface area (TPSA) is 96.7 Å².